The highest BCUT2D eigenvalue weighted by molar-refractivity contribution is 14.0. The Labute approximate surface area is 155 Å². The molecular formula is C15H25IN4O2S. The zero-order valence-electron chi connectivity index (χ0n) is 13.7. The highest BCUT2D eigenvalue weighted by Gasteiger charge is 2.33. The van der Waals surface area contributed by atoms with Crippen LogP contribution in [-0.4, -0.2) is 34.0 Å². The van der Waals surface area contributed by atoms with Crippen molar-refractivity contribution in [2.45, 2.75) is 37.8 Å². The van der Waals surface area contributed by atoms with Gasteiger partial charge in [-0.2, -0.15) is 0 Å². The molecule has 1 aromatic carbocycles. The van der Waals surface area contributed by atoms with Crippen LogP contribution in [0, 0.1) is 5.92 Å². The van der Waals surface area contributed by atoms with E-state index in [0.29, 0.717) is 18.5 Å². The van der Waals surface area contributed by atoms with Crippen molar-refractivity contribution in [1.29, 1.82) is 0 Å². The summed E-state index contributed by atoms with van der Waals surface area (Å²) in [5.74, 6) is 1.46. The van der Waals surface area contributed by atoms with Gasteiger partial charge in [-0.15, -0.1) is 24.0 Å². The molecule has 0 spiro atoms. The molecule has 0 radical (unpaired) electrons. The molecule has 0 aromatic heterocycles. The minimum Gasteiger partial charge on any atom is -0.357 e. The van der Waals surface area contributed by atoms with Gasteiger partial charge in [0.2, 0.25) is 10.0 Å². The Bertz CT molecular complexity index is 649. The van der Waals surface area contributed by atoms with E-state index in [4.69, 9.17) is 0 Å². The van der Waals surface area contributed by atoms with Gasteiger partial charge in [0.1, 0.15) is 0 Å². The number of halogens is 1. The molecule has 1 saturated carbocycles. The number of guanidine groups is 1. The molecule has 1 aliphatic rings. The largest absolute Gasteiger partial charge is 0.357 e. The van der Waals surface area contributed by atoms with Crippen LogP contribution in [0.25, 0.3) is 0 Å². The summed E-state index contributed by atoms with van der Waals surface area (Å²) in [5.41, 5.74) is 0.859. The number of nitrogens with one attached hydrogen (secondary N) is 3. The summed E-state index contributed by atoms with van der Waals surface area (Å²) in [6.45, 7) is 5.45. The first-order chi connectivity index (χ1) is 10.5. The Morgan fingerprint density at radius 1 is 1.39 bits per heavy atom. The van der Waals surface area contributed by atoms with E-state index in [9.17, 15) is 8.42 Å². The van der Waals surface area contributed by atoms with Gasteiger partial charge in [-0.25, -0.2) is 18.1 Å². The van der Waals surface area contributed by atoms with Gasteiger partial charge in [0.15, 0.2) is 5.96 Å². The summed E-state index contributed by atoms with van der Waals surface area (Å²) in [6.07, 6.45) is 1.17. The average molecular weight is 452 g/mol. The fourth-order valence-corrected chi connectivity index (χ4v) is 2.92. The van der Waals surface area contributed by atoms with Crippen molar-refractivity contribution in [2.24, 2.45) is 10.9 Å². The van der Waals surface area contributed by atoms with E-state index in [1.807, 2.05) is 13.0 Å². The summed E-state index contributed by atoms with van der Waals surface area (Å²) in [5, 5.41) is 6.59. The van der Waals surface area contributed by atoms with E-state index < -0.39 is 10.0 Å². The summed E-state index contributed by atoms with van der Waals surface area (Å²) in [6, 6.07) is 7.33. The Kier molecular flexibility index (Phi) is 7.75. The maximum absolute atomic E-state index is 11.8. The van der Waals surface area contributed by atoms with Gasteiger partial charge >= 0.3 is 0 Å². The first-order valence-corrected chi connectivity index (χ1v) is 9.02. The molecule has 3 N–H and O–H groups in total. The van der Waals surface area contributed by atoms with Gasteiger partial charge in [0.25, 0.3) is 0 Å². The third kappa shape index (κ3) is 5.92. The second-order valence-electron chi connectivity index (χ2n) is 5.51. The van der Waals surface area contributed by atoms with Crippen LogP contribution in [0.2, 0.25) is 0 Å². The molecule has 0 amide bonds. The Morgan fingerprint density at radius 3 is 2.65 bits per heavy atom. The third-order valence-corrected chi connectivity index (χ3v) is 5.09. The lowest BCUT2D eigenvalue weighted by Crippen LogP contribution is -2.39. The fourth-order valence-electron chi connectivity index (χ4n) is 2.12. The summed E-state index contributed by atoms with van der Waals surface area (Å²) >= 11 is 0. The minimum absolute atomic E-state index is 0. The lowest BCUT2D eigenvalue weighted by atomic mass is 10.2. The van der Waals surface area contributed by atoms with E-state index in [-0.39, 0.29) is 28.9 Å². The SMILES string of the molecule is CCNC(=NCc1cccc(S(=O)(=O)NC)c1)NC1CC1C.I. The molecular weight excluding hydrogens is 427 g/mol. The second kappa shape index (κ2) is 8.84. The van der Waals surface area contributed by atoms with E-state index in [1.54, 1.807) is 18.2 Å². The molecule has 23 heavy (non-hydrogen) atoms. The third-order valence-electron chi connectivity index (χ3n) is 3.67. The molecule has 0 heterocycles. The number of hydrogen-bond acceptors (Lipinski definition) is 3. The van der Waals surface area contributed by atoms with Crippen molar-refractivity contribution >= 4 is 40.0 Å². The monoisotopic (exact) mass is 452 g/mol. The maximum Gasteiger partial charge on any atom is 0.240 e. The molecule has 2 rings (SSSR count). The van der Waals surface area contributed by atoms with Crippen LogP contribution in [0.1, 0.15) is 25.8 Å². The molecule has 130 valence electrons. The van der Waals surface area contributed by atoms with E-state index in [0.717, 1.165) is 18.1 Å². The molecule has 1 aliphatic carbocycles. The maximum atomic E-state index is 11.8. The number of nitrogens with zero attached hydrogens (tertiary/aromatic N) is 1. The smallest absolute Gasteiger partial charge is 0.240 e. The number of aliphatic imine (C=N–C) groups is 1. The first kappa shape index (κ1) is 20.2. The van der Waals surface area contributed by atoms with Crippen molar-refractivity contribution in [3.63, 3.8) is 0 Å². The lowest BCUT2D eigenvalue weighted by Gasteiger charge is -2.11. The van der Waals surface area contributed by atoms with Crippen LogP contribution in [-0.2, 0) is 16.6 Å². The van der Waals surface area contributed by atoms with Crippen LogP contribution in [0.4, 0.5) is 0 Å². The molecule has 1 fully saturated rings. The predicted molar refractivity (Wildman–Crippen MR) is 104 cm³/mol. The fraction of sp³-hybridized carbons (Fsp3) is 0.533. The van der Waals surface area contributed by atoms with E-state index in [2.05, 4.69) is 27.3 Å². The summed E-state index contributed by atoms with van der Waals surface area (Å²) < 4.78 is 25.9. The average Bonchev–Trinajstić information content (AvgIpc) is 3.20. The van der Waals surface area contributed by atoms with Crippen LogP contribution in [0.5, 0.6) is 0 Å². The van der Waals surface area contributed by atoms with Gasteiger partial charge in [-0.3, -0.25) is 0 Å². The van der Waals surface area contributed by atoms with Gasteiger partial charge in [0, 0.05) is 12.6 Å². The minimum atomic E-state index is -3.42. The van der Waals surface area contributed by atoms with Gasteiger partial charge < -0.3 is 10.6 Å². The molecule has 2 unspecified atom stereocenters. The first-order valence-electron chi connectivity index (χ1n) is 7.53. The number of hydrogen-bond donors (Lipinski definition) is 3. The number of sulfonamides is 1. The van der Waals surface area contributed by atoms with Crippen molar-refractivity contribution < 1.29 is 8.42 Å². The van der Waals surface area contributed by atoms with Crippen molar-refractivity contribution in [3.8, 4) is 0 Å². The Morgan fingerprint density at radius 2 is 2.09 bits per heavy atom. The highest BCUT2D eigenvalue weighted by atomic mass is 127. The molecule has 1 aromatic rings. The van der Waals surface area contributed by atoms with Gasteiger partial charge in [-0.1, -0.05) is 19.1 Å². The predicted octanol–water partition coefficient (Wildman–Crippen LogP) is 1.68. The van der Waals surface area contributed by atoms with Crippen molar-refractivity contribution in [1.82, 2.24) is 15.4 Å². The molecule has 0 saturated heterocycles. The summed E-state index contributed by atoms with van der Waals surface area (Å²) in [7, 11) is -2.01. The standard InChI is InChI=1S/C15H24N4O2S.HI/c1-4-17-15(19-14-8-11(14)2)18-10-12-6-5-7-13(9-12)22(20,21)16-3;/h5-7,9,11,14,16H,4,8,10H2,1-3H3,(H2,17,18,19);1H. The van der Waals surface area contributed by atoms with Crippen LogP contribution in [0.15, 0.2) is 34.2 Å². The van der Waals surface area contributed by atoms with E-state index in [1.165, 1.54) is 13.5 Å². The number of benzene rings is 1. The van der Waals surface area contributed by atoms with E-state index >= 15 is 0 Å². The van der Waals surface area contributed by atoms with Gasteiger partial charge in [0.05, 0.1) is 11.4 Å². The van der Waals surface area contributed by atoms with Gasteiger partial charge in [-0.05, 0) is 44.0 Å². The lowest BCUT2D eigenvalue weighted by molar-refractivity contribution is 0.588. The van der Waals surface area contributed by atoms with Crippen LogP contribution in [0.3, 0.4) is 0 Å². The highest BCUT2D eigenvalue weighted by Crippen LogP contribution is 2.28. The summed E-state index contributed by atoms with van der Waals surface area (Å²) in [4.78, 5) is 4.79. The van der Waals surface area contributed by atoms with Crippen molar-refractivity contribution in [3.05, 3.63) is 29.8 Å². The van der Waals surface area contributed by atoms with Crippen LogP contribution >= 0.6 is 24.0 Å². The number of rotatable bonds is 6. The topological polar surface area (TPSA) is 82.6 Å². The molecule has 6 nitrogen and oxygen atoms in total. The zero-order chi connectivity index (χ0) is 16.2. The second-order valence-corrected chi connectivity index (χ2v) is 7.40. The Hall–Kier alpha value is -0.870. The Balaban J connectivity index is 0.00000264. The molecule has 0 bridgehead atoms. The molecule has 0 aliphatic heterocycles. The molecule has 2 atom stereocenters. The van der Waals surface area contributed by atoms with Crippen LogP contribution < -0.4 is 15.4 Å². The van der Waals surface area contributed by atoms with Crippen molar-refractivity contribution in [2.75, 3.05) is 13.6 Å². The normalized spacial score (nSPS) is 20.6. The quantitative estimate of drug-likeness (QED) is 0.349. The molecule has 8 heteroatoms. The zero-order valence-corrected chi connectivity index (χ0v) is 16.8.